The first-order chi connectivity index (χ1) is 8.60. The first-order valence-corrected chi connectivity index (χ1v) is 6.02. The van der Waals surface area contributed by atoms with Crippen LogP contribution in [-0.2, 0) is 6.42 Å². The van der Waals surface area contributed by atoms with Gasteiger partial charge in [-0.3, -0.25) is 4.90 Å². The number of carbonyl (C=O) groups is 1. The maximum atomic E-state index is 11.2. The lowest BCUT2D eigenvalue weighted by molar-refractivity contribution is 0.121. The molecule has 5 nitrogen and oxygen atoms in total. The minimum atomic E-state index is -0.974. The maximum Gasteiger partial charge on any atom is 0.407 e. The molecule has 2 rings (SSSR count). The zero-order chi connectivity index (χ0) is 13.3. The van der Waals surface area contributed by atoms with Gasteiger partial charge in [-0.25, -0.2) is 4.79 Å². The van der Waals surface area contributed by atoms with Gasteiger partial charge in [-0.05, 0) is 24.1 Å². The molecule has 1 aliphatic heterocycles. The number of halogens is 1. The van der Waals surface area contributed by atoms with Crippen LogP contribution in [0, 0.1) is 0 Å². The molecule has 1 atom stereocenters. The molecule has 0 aromatic heterocycles. The number of ether oxygens (including phenoxy) is 1. The molecule has 0 bridgehead atoms. The zero-order valence-corrected chi connectivity index (χ0v) is 10.8. The van der Waals surface area contributed by atoms with Crippen LogP contribution >= 0.6 is 11.6 Å². The van der Waals surface area contributed by atoms with Crippen molar-refractivity contribution in [3.05, 3.63) is 28.3 Å². The summed E-state index contributed by atoms with van der Waals surface area (Å²) in [4.78, 5) is 12.5. The quantitative estimate of drug-likeness (QED) is 0.860. The van der Waals surface area contributed by atoms with Crippen molar-refractivity contribution in [2.45, 2.75) is 12.5 Å². The van der Waals surface area contributed by atoms with E-state index in [1.54, 1.807) is 19.2 Å². The van der Waals surface area contributed by atoms with E-state index in [9.17, 15) is 9.90 Å². The number of benzene rings is 1. The fourth-order valence-corrected chi connectivity index (χ4v) is 2.69. The number of carboxylic acid groups (broad SMARTS) is 1. The van der Waals surface area contributed by atoms with Crippen LogP contribution in [0.25, 0.3) is 0 Å². The van der Waals surface area contributed by atoms with E-state index in [0.29, 0.717) is 23.7 Å². The predicted octanol–water partition coefficient (Wildman–Crippen LogP) is 1.88. The second kappa shape index (κ2) is 5.04. The summed E-state index contributed by atoms with van der Waals surface area (Å²) >= 11 is 6.16. The van der Waals surface area contributed by atoms with Gasteiger partial charge in [0.2, 0.25) is 0 Å². The predicted molar refractivity (Wildman–Crippen MR) is 68.2 cm³/mol. The highest BCUT2D eigenvalue weighted by Crippen LogP contribution is 2.39. The smallest absolute Gasteiger partial charge is 0.407 e. The number of hydrogen-bond donors (Lipinski definition) is 2. The molecule has 1 heterocycles. The molecule has 18 heavy (non-hydrogen) atoms. The normalized spacial score (nSPS) is 18.4. The number of methoxy groups -OCH3 is 1. The van der Waals surface area contributed by atoms with Crippen LogP contribution in [0.15, 0.2) is 12.1 Å². The van der Waals surface area contributed by atoms with Crippen LogP contribution in [0.4, 0.5) is 4.79 Å². The summed E-state index contributed by atoms with van der Waals surface area (Å²) in [5.74, 6) is 0.635. The molecule has 0 unspecified atom stereocenters. The van der Waals surface area contributed by atoms with Gasteiger partial charge >= 0.3 is 6.09 Å². The third kappa shape index (κ3) is 2.00. The lowest BCUT2D eigenvalue weighted by Gasteiger charge is -2.36. The summed E-state index contributed by atoms with van der Waals surface area (Å²) in [6.07, 6.45) is -0.396. The van der Waals surface area contributed by atoms with Crippen molar-refractivity contribution in [1.29, 1.82) is 0 Å². The van der Waals surface area contributed by atoms with Gasteiger partial charge in [0.05, 0.1) is 13.2 Å². The Hall–Kier alpha value is -1.46. The molecule has 98 valence electrons. The Kier molecular flexibility index (Phi) is 3.63. The highest BCUT2D eigenvalue weighted by Gasteiger charge is 2.33. The Labute approximate surface area is 110 Å². The van der Waals surface area contributed by atoms with Crippen LogP contribution in [0.2, 0.25) is 5.02 Å². The van der Waals surface area contributed by atoms with Gasteiger partial charge in [0.25, 0.3) is 0 Å². The van der Waals surface area contributed by atoms with E-state index < -0.39 is 12.1 Å². The minimum absolute atomic E-state index is 0.204. The van der Waals surface area contributed by atoms with E-state index in [-0.39, 0.29) is 6.54 Å². The molecule has 0 fully saturated rings. The molecule has 1 aromatic rings. The third-order valence-electron chi connectivity index (χ3n) is 3.26. The topological polar surface area (TPSA) is 75.8 Å². The Morgan fingerprint density at radius 2 is 2.39 bits per heavy atom. The van der Waals surface area contributed by atoms with E-state index in [1.165, 1.54) is 4.90 Å². The van der Waals surface area contributed by atoms with Crippen molar-refractivity contribution >= 4 is 17.7 Å². The maximum absolute atomic E-state index is 11.2. The number of hydrogen-bond acceptors (Lipinski definition) is 3. The van der Waals surface area contributed by atoms with E-state index in [1.807, 2.05) is 0 Å². The van der Waals surface area contributed by atoms with E-state index in [4.69, 9.17) is 22.1 Å². The molecule has 0 saturated heterocycles. The van der Waals surface area contributed by atoms with E-state index in [0.717, 1.165) is 11.1 Å². The van der Waals surface area contributed by atoms with Crippen LogP contribution < -0.4 is 10.5 Å². The van der Waals surface area contributed by atoms with Crippen molar-refractivity contribution in [3.8, 4) is 5.75 Å². The summed E-state index contributed by atoms with van der Waals surface area (Å²) in [6, 6.07) is 3.11. The van der Waals surface area contributed by atoms with E-state index in [2.05, 4.69) is 0 Å². The summed E-state index contributed by atoms with van der Waals surface area (Å²) in [5.41, 5.74) is 7.44. The molecule has 1 aromatic carbocycles. The Morgan fingerprint density at radius 3 is 2.94 bits per heavy atom. The second-order valence-corrected chi connectivity index (χ2v) is 4.53. The van der Waals surface area contributed by atoms with Crippen LogP contribution in [0.5, 0.6) is 5.75 Å². The highest BCUT2D eigenvalue weighted by molar-refractivity contribution is 6.31. The minimum Gasteiger partial charge on any atom is -0.496 e. The fraction of sp³-hybridized carbons (Fsp3) is 0.417. The highest BCUT2D eigenvalue weighted by atomic mass is 35.5. The van der Waals surface area contributed by atoms with E-state index >= 15 is 0 Å². The van der Waals surface area contributed by atoms with Crippen molar-refractivity contribution in [3.63, 3.8) is 0 Å². The summed E-state index contributed by atoms with van der Waals surface area (Å²) in [7, 11) is 1.55. The number of fused-ring (bicyclic) bond motifs is 1. The molecule has 3 N–H and O–H groups in total. The molecular formula is C12H15ClN2O3. The van der Waals surface area contributed by atoms with Crippen LogP contribution in [-0.4, -0.2) is 36.3 Å². The summed E-state index contributed by atoms with van der Waals surface area (Å²) in [6.45, 7) is 0.604. The standard InChI is InChI=1S/C12H15ClN2O3/c1-18-10-3-2-8(13)7-4-5-15(12(16)17)9(6-14)11(7)10/h2-3,9H,4-6,14H2,1H3,(H,16,17)/t9-/m1/s1. The lowest BCUT2D eigenvalue weighted by Crippen LogP contribution is -2.42. The summed E-state index contributed by atoms with van der Waals surface area (Å²) in [5, 5.41) is 9.83. The Bertz CT molecular complexity index is 479. The first-order valence-electron chi connectivity index (χ1n) is 5.65. The van der Waals surface area contributed by atoms with Gasteiger partial charge < -0.3 is 15.6 Å². The molecule has 0 saturated carbocycles. The lowest BCUT2D eigenvalue weighted by atomic mass is 9.91. The fourth-order valence-electron chi connectivity index (χ4n) is 2.43. The van der Waals surface area contributed by atoms with Gasteiger partial charge in [0.1, 0.15) is 5.75 Å². The van der Waals surface area contributed by atoms with Gasteiger partial charge in [0.15, 0.2) is 0 Å². The molecule has 1 aliphatic rings. The molecule has 0 spiro atoms. The average Bonchev–Trinajstić information content (AvgIpc) is 2.37. The number of nitrogens with two attached hydrogens (primary N) is 1. The average molecular weight is 271 g/mol. The zero-order valence-electron chi connectivity index (χ0n) is 10.0. The van der Waals surface area contributed by atoms with Gasteiger partial charge in [-0.1, -0.05) is 11.6 Å². The van der Waals surface area contributed by atoms with Crippen molar-refractivity contribution < 1.29 is 14.6 Å². The molecule has 6 heteroatoms. The summed E-state index contributed by atoms with van der Waals surface area (Å²) < 4.78 is 5.29. The molecule has 0 radical (unpaired) electrons. The number of amides is 1. The Morgan fingerprint density at radius 1 is 1.67 bits per heavy atom. The molecule has 1 amide bonds. The SMILES string of the molecule is COc1ccc(Cl)c2c1[C@@H](CN)N(C(=O)O)CC2. The number of nitrogens with zero attached hydrogens (tertiary/aromatic N) is 1. The van der Waals surface area contributed by atoms with Crippen molar-refractivity contribution in [2.75, 3.05) is 20.2 Å². The van der Waals surface area contributed by atoms with Gasteiger partial charge in [0, 0.05) is 23.7 Å². The van der Waals surface area contributed by atoms with Gasteiger partial charge in [-0.15, -0.1) is 0 Å². The van der Waals surface area contributed by atoms with Crippen LogP contribution in [0.1, 0.15) is 17.2 Å². The monoisotopic (exact) mass is 270 g/mol. The second-order valence-electron chi connectivity index (χ2n) is 4.12. The van der Waals surface area contributed by atoms with Gasteiger partial charge in [-0.2, -0.15) is 0 Å². The van der Waals surface area contributed by atoms with Crippen molar-refractivity contribution in [2.24, 2.45) is 5.73 Å². The largest absolute Gasteiger partial charge is 0.496 e. The number of rotatable bonds is 2. The third-order valence-corrected chi connectivity index (χ3v) is 3.62. The Balaban J connectivity index is 2.56. The molecular weight excluding hydrogens is 256 g/mol. The molecule has 0 aliphatic carbocycles. The van der Waals surface area contributed by atoms with Crippen molar-refractivity contribution in [1.82, 2.24) is 4.90 Å². The first kappa shape index (κ1) is 13.0. The van der Waals surface area contributed by atoms with Crippen LogP contribution in [0.3, 0.4) is 0 Å².